The lowest BCUT2D eigenvalue weighted by atomic mass is 9.97. The standard InChI is InChI=1S/C21H23N3O5S/c1-14-5-3-4-6-17(14)22-20(25)15-9-11-24(12-10-15)30(27,28)16-7-8-18-19(13-16)29-21(26)23(18)2/h3-8,13,15H,9-12H2,1-2H3,(H,22,25). The van der Waals surface area contributed by atoms with Crippen LogP contribution in [0.1, 0.15) is 18.4 Å². The first-order valence-corrected chi connectivity index (χ1v) is 11.2. The molecule has 1 amide bonds. The number of hydrogen-bond donors (Lipinski definition) is 1. The third-order valence-electron chi connectivity index (χ3n) is 5.63. The van der Waals surface area contributed by atoms with E-state index in [4.69, 9.17) is 4.42 Å². The maximum absolute atomic E-state index is 13.0. The van der Waals surface area contributed by atoms with Gasteiger partial charge in [0.2, 0.25) is 15.9 Å². The average molecular weight is 429 g/mol. The highest BCUT2D eigenvalue weighted by Gasteiger charge is 2.32. The molecular formula is C21H23N3O5S. The fourth-order valence-corrected chi connectivity index (χ4v) is 5.22. The summed E-state index contributed by atoms with van der Waals surface area (Å²) in [6, 6.07) is 12.0. The van der Waals surface area contributed by atoms with Crippen molar-refractivity contribution in [1.29, 1.82) is 0 Å². The number of anilines is 1. The van der Waals surface area contributed by atoms with Crippen LogP contribution < -0.4 is 11.1 Å². The molecule has 0 atom stereocenters. The van der Waals surface area contributed by atoms with Crippen LogP contribution in [0, 0.1) is 12.8 Å². The van der Waals surface area contributed by atoms with E-state index in [9.17, 15) is 18.0 Å². The van der Waals surface area contributed by atoms with Crippen LogP contribution in [-0.4, -0.2) is 36.3 Å². The van der Waals surface area contributed by atoms with Gasteiger partial charge in [-0.1, -0.05) is 18.2 Å². The summed E-state index contributed by atoms with van der Waals surface area (Å²) in [6.45, 7) is 2.44. The van der Waals surface area contributed by atoms with E-state index in [2.05, 4.69) is 5.32 Å². The number of aryl methyl sites for hydroxylation is 2. The highest BCUT2D eigenvalue weighted by atomic mass is 32.2. The summed E-state index contributed by atoms with van der Waals surface area (Å²) in [5, 5.41) is 2.94. The van der Waals surface area contributed by atoms with Gasteiger partial charge in [0, 0.05) is 37.8 Å². The molecule has 0 aliphatic carbocycles. The number of rotatable bonds is 4. The monoisotopic (exact) mass is 429 g/mol. The fourth-order valence-electron chi connectivity index (χ4n) is 3.73. The number of nitrogens with one attached hydrogen (secondary N) is 1. The predicted molar refractivity (Wildman–Crippen MR) is 113 cm³/mol. The number of nitrogens with zero attached hydrogens (tertiary/aromatic N) is 2. The maximum Gasteiger partial charge on any atom is 0.419 e. The topological polar surface area (TPSA) is 102 Å². The Bertz CT molecular complexity index is 1270. The molecule has 8 nitrogen and oxygen atoms in total. The zero-order valence-electron chi connectivity index (χ0n) is 16.8. The van der Waals surface area contributed by atoms with E-state index in [1.165, 1.54) is 21.0 Å². The van der Waals surface area contributed by atoms with Crippen LogP contribution in [0.5, 0.6) is 0 Å². The molecule has 9 heteroatoms. The average Bonchev–Trinajstić information content (AvgIpc) is 3.03. The molecule has 2 aromatic carbocycles. The van der Waals surface area contributed by atoms with Crippen molar-refractivity contribution in [3.05, 3.63) is 58.6 Å². The van der Waals surface area contributed by atoms with E-state index < -0.39 is 15.8 Å². The van der Waals surface area contributed by atoms with Crippen LogP contribution in [0.4, 0.5) is 5.69 Å². The van der Waals surface area contributed by atoms with E-state index >= 15 is 0 Å². The second-order valence-electron chi connectivity index (χ2n) is 7.54. The highest BCUT2D eigenvalue weighted by Crippen LogP contribution is 2.27. The number of hydrogen-bond acceptors (Lipinski definition) is 5. The van der Waals surface area contributed by atoms with Crippen LogP contribution >= 0.6 is 0 Å². The van der Waals surface area contributed by atoms with Crippen LogP contribution in [0.3, 0.4) is 0 Å². The minimum absolute atomic E-state index is 0.0761. The van der Waals surface area contributed by atoms with Gasteiger partial charge in [-0.15, -0.1) is 0 Å². The molecular weight excluding hydrogens is 406 g/mol. The molecule has 0 unspecified atom stereocenters. The summed E-state index contributed by atoms with van der Waals surface area (Å²) in [7, 11) is -2.18. The van der Waals surface area contributed by atoms with Gasteiger partial charge in [-0.05, 0) is 43.5 Å². The zero-order valence-corrected chi connectivity index (χ0v) is 17.6. The lowest BCUT2D eigenvalue weighted by Gasteiger charge is -2.30. The summed E-state index contributed by atoms with van der Waals surface area (Å²) >= 11 is 0. The number of amides is 1. The largest absolute Gasteiger partial charge is 0.419 e. The second-order valence-corrected chi connectivity index (χ2v) is 9.48. The van der Waals surface area contributed by atoms with Crippen molar-refractivity contribution in [3.63, 3.8) is 0 Å². The van der Waals surface area contributed by atoms with E-state index in [0.29, 0.717) is 18.4 Å². The maximum atomic E-state index is 13.0. The van der Waals surface area contributed by atoms with Crippen molar-refractivity contribution in [2.75, 3.05) is 18.4 Å². The minimum atomic E-state index is -3.74. The lowest BCUT2D eigenvalue weighted by Crippen LogP contribution is -2.41. The molecule has 4 rings (SSSR count). The minimum Gasteiger partial charge on any atom is -0.408 e. The number of carbonyl (C=O) groups is 1. The molecule has 158 valence electrons. The fraction of sp³-hybridized carbons (Fsp3) is 0.333. The molecule has 2 heterocycles. The van der Waals surface area contributed by atoms with Gasteiger partial charge in [0.15, 0.2) is 5.58 Å². The van der Waals surface area contributed by atoms with Gasteiger partial charge in [0.1, 0.15) is 0 Å². The first-order valence-electron chi connectivity index (χ1n) is 9.73. The molecule has 1 aliphatic rings. The summed E-state index contributed by atoms with van der Waals surface area (Å²) in [5.74, 6) is -0.875. The highest BCUT2D eigenvalue weighted by molar-refractivity contribution is 7.89. The quantitative estimate of drug-likeness (QED) is 0.687. The van der Waals surface area contributed by atoms with Crippen LogP contribution in [0.25, 0.3) is 11.1 Å². The van der Waals surface area contributed by atoms with Gasteiger partial charge in [-0.3, -0.25) is 9.36 Å². The number of oxazole rings is 1. The van der Waals surface area contributed by atoms with Crippen LogP contribution in [-0.2, 0) is 21.9 Å². The van der Waals surface area contributed by atoms with Crippen molar-refractivity contribution < 1.29 is 17.6 Å². The van der Waals surface area contributed by atoms with Gasteiger partial charge in [-0.2, -0.15) is 4.31 Å². The Morgan fingerprint density at radius 3 is 2.53 bits per heavy atom. The van der Waals surface area contributed by atoms with E-state index in [-0.39, 0.29) is 35.4 Å². The molecule has 30 heavy (non-hydrogen) atoms. The molecule has 1 saturated heterocycles. The normalized spacial score (nSPS) is 16.1. The number of aromatic nitrogens is 1. The summed E-state index contributed by atoms with van der Waals surface area (Å²) in [5.41, 5.74) is 2.52. The third kappa shape index (κ3) is 3.66. The second kappa shape index (κ2) is 7.73. The first-order chi connectivity index (χ1) is 14.3. The van der Waals surface area contributed by atoms with Crippen LogP contribution in [0.2, 0.25) is 0 Å². The molecule has 1 aromatic heterocycles. The molecule has 0 spiro atoms. The number of para-hydroxylation sites is 1. The number of sulfonamides is 1. The van der Waals surface area contributed by atoms with Crippen molar-refractivity contribution >= 4 is 32.7 Å². The van der Waals surface area contributed by atoms with Gasteiger partial charge in [0.25, 0.3) is 0 Å². The predicted octanol–water partition coefficient (Wildman–Crippen LogP) is 2.48. The number of fused-ring (bicyclic) bond motifs is 1. The lowest BCUT2D eigenvalue weighted by molar-refractivity contribution is -0.120. The molecule has 1 aliphatic heterocycles. The van der Waals surface area contributed by atoms with Gasteiger partial charge >= 0.3 is 5.76 Å². The number of carbonyl (C=O) groups excluding carboxylic acids is 1. The van der Waals surface area contributed by atoms with Crippen molar-refractivity contribution in [2.24, 2.45) is 13.0 Å². The summed E-state index contributed by atoms with van der Waals surface area (Å²) in [6.07, 6.45) is 0.888. The Labute approximate surface area is 174 Å². The van der Waals surface area contributed by atoms with Crippen molar-refractivity contribution in [1.82, 2.24) is 8.87 Å². The summed E-state index contributed by atoms with van der Waals surface area (Å²) < 4.78 is 33.9. The van der Waals surface area contributed by atoms with Gasteiger partial charge in [0.05, 0.1) is 10.4 Å². The van der Waals surface area contributed by atoms with E-state index in [1.54, 1.807) is 13.1 Å². The van der Waals surface area contributed by atoms with E-state index in [1.807, 2.05) is 31.2 Å². The Balaban J connectivity index is 1.46. The van der Waals surface area contributed by atoms with E-state index in [0.717, 1.165) is 11.3 Å². The molecule has 1 N–H and O–H groups in total. The van der Waals surface area contributed by atoms with Crippen molar-refractivity contribution in [2.45, 2.75) is 24.7 Å². The molecule has 1 fully saturated rings. The molecule has 0 bridgehead atoms. The third-order valence-corrected chi connectivity index (χ3v) is 7.52. The first kappa shape index (κ1) is 20.4. The Hall–Kier alpha value is -2.91. The Morgan fingerprint density at radius 2 is 1.83 bits per heavy atom. The van der Waals surface area contributed by atoms with Gasteiger partial charge < -0.3 is 9.73 Å². The number of benzene rings is 2. The number of piperidine rings is 1. The molecule has 0 radical (unpaired) electrons. The SMILES string of the molecule is Cc1ccccc1NC(=O)C1CCN(S(=O)(=O)c2ccc3c(c2)oc(=O)n3C)CC1. The Kier molecular flexibility index (Phi) is 5.25. The molecule has 0 saturated carbocycles. The molecule has 3 aromatic rings. The summed E-state index contributed by atoms with van der Waals surface area (Å²) in [4.78, 5) is 24.3. The van der Waals surface area contributed by atoms with Crippen molar-refractivity contribution in [3.8, 4) is 0 Å². The zero-order chi connectivity index (χ0) is 21.5. The smallest absolute Gasteiger partial charge is 0.408 e. The van der Waals surface area contributed by atoms with Crippen LogP contribution in [0.15, 0.2) is 56.6 Å². The van der Waals surface area contributed by atoms with Gasteiger partial charge in [-0.25, -0.2) is 13.2 Å². The Morgan fingerprint density at radius 1 is 1.13 bits per heavy atom.